The van der Waals surface area contributed by atoms with Crippen LogP contribution < -0.4 is 5.32 Å². The van der Waals surface area contributed by atoms with Crippen molar-refractivity contribution in [2.75, 3.05) is 26.3 Å². The van der Waals surface area contributed by atoms with Crippen molar-refractivity contribution in [2.24, 2.45) is 0 Å². The quantitative estimate of drug-likeness (QED) is 0.811. The molecule has 0 saturated carbocycles. The number of carbonyl (C=O) groups excluding carboxylic acids is 1. The van der Waals surface area contributed by atoms with E-state index in [1.54, 1.807) is 4.90 Å². The number of hydrogen-bond donors (Lipinski definition) is 1. The maximum absolute atomic E-state index is 11.9. The standard InChI is InChI=1S/C13H24N2O3/c1-13(2,3)18-12(16)15-6-4-10(5-7-15)14-11-8-17-9-11/h10-11,14H,4-9H2,1-3H3. The summed E-state index contributed by atoms with van der Waals surface area (Å²) in [6, 6.07) is 1.03. The zero-order chi connectivity index (χ0) is 13.2. The Balaban J connectivity index is 1.70. The Bertz CT molecular complexity index is 289. The predicted octanol–water partition coefficient (Wildman–Crippen LogP) is 1.37. The number of piperidine rings is 1. The molecule has 1 amide bonds. The topological polar surface area (TPSA) is 50.8 Å². The third-order valence-electron chi connectivity index (χ3n) is 3.26. The molecule has 5 heteroatoms. The lowest BCUT2D eigenvalue weighted by Gasteiger charge is -2.37. The molecule has 0 spiro atoms. The SMILES string of the molecule is CC(C)(C)OC(=O)N1CCC(NC2COC2)CC1. The van der Waals surface area contributed by atoms with Gasteiger partial charge in [0.05, 0.1) is 19.3 Å². The van der Waals surface area contributed by atoms with Crippen LogP contribution in [-0.4, -0.2) is 55.0 Å². The summed E-state index contributed by atoms with van der Waals surface area (Å²) in [5.74, 6) is 0. The average Bonchev–Trinajstić information content (AvgIpc) is 2.22. The van der Waals surface area contributed by atoms with Crippen molar-refractivity contribution >= 4 is 6.09 Å². The highest BCUT2D eigenvalue weighted by Crippen LogP contribution is 2.16. The second-order valence-corrected chi connectivity index (χ2v) is 6.14. The van der Waals surface area contributed by atoms with Gasteiger partial charge in [0.2, 0.25) is 0 Å². The lowest BCUT2D eigenvalue weighted by atomic mass is 10.0. The number of nitrogens with one attached hydrogen (secondary N) is 1. The van der Waals surface area contributed by atoms with E-state index in [1.165, 1.54) is 0 Å². The molecule has 0 aliphatic carbocycles. The molecule has 1 N–H and O–H groups in total. The Morgan fingerprint density at radius 1 is 1.22 bits per heavy atom. The van der Waals surface area contributed by atoms with E-state index < -0.39 is 5.60 Å². The van der Waals surface area contributed by atoms with Crippen molar-refractivity contribution in [3.63, 3.8) is 0 Å². The van der Waals surface area contributed by atoms with E-state index in [1.807, 2.05) is 20.8 Å². The van der Waals surface area contributed by atoms with E-state index in [4.69, 9.17) is 9.47 Å². The summed E-state index contributed by atoms with van der Waals surface area (Å²) in [5.41, 5.74) is -0.407. The first-order chi connectivity index (χ1) is 8.44. The number of hydrogen-bond acceptors (Lipinski definition) is 4. The van der Waals surface area contributed by atoms with Gasteiger partial charge < -0.3 is 19.7 Å². The fraction of sp³-hybridized carbons (Fsp3) is 0.923. The van der Waals surface area contributed by atoms with Gasteiger partial charge in [-0.2, -0.15) is 0 Å². The fourth-order valence-corrected chi connectivity index (χ4v) is 2.22. The summed E-state index contributed by atoms with van der Waals surface area (Å²) in [7, 11) is 0. The number of amides is 1. The third-order valence-corrected chi connectivity index (χ3v) is 3.26. The molecular weight excluding hydrogens is 232 g/mol. The predicted molar refractivity (Wildman–Crippen MR) is 68.6 cm³/mol. The van der Waals surface area contributed by atoms with Gasteiger partial charge in [-0.15, -0.1) is 0 Å². The van der Waals surface area contributed by atoms with Gasteiger partial charge in [-0.1, -0.05) is 0 Å². The Morgan fingerprint density at radius 3 is 2.28 bits per heavy atom. The highest BCUT2D eigenvalue weighted by molar-refractivity contribution is 5.68. The number of ether oxygens (including phenoxy) is 2. The van der Waals surface area contributed by atoms with E-state index in [2.05, 4.69) is 5.32 Å². The molecule has 5 nitrogen and oxygen atoms in total. The molecule has 2 saturated heterocycles. The van der Waals surface area contributed by atoms with Crippen LogP contribution >= 0.6 is 0 Å². The molecule has 104 valence electrons. The van der Waals surface area contributed by atoms with Crippen molar-refractivity contribution in [3.8, 4) is 0 Å². The molecule has 0 unspecified atom stereocenters. The van der Waals surface area contributed by atoms with Crippen molar-refractivity contribution in [1.82, 2.24) is 10.2 Å². The van der Waals surface area contributed by atoms with Crippen LogP contribution in [0.5, 0.6) is 0 Å². The van der Waals surface area contributed by atoms with E-state index in [0.29, 0.717) is 12.1 Å². The van der Waals surface area contributed by atoms with E-state index in [-0.39, 0.29) is 6.09 Å². The second-order valence-electron chi connectivity index (χ2n) is 6.14. The van der Waals surface area contributed by atoms with Gasteiger partial charge in [-0.05, 0) is 33.6 Å². The molecule has 0 radical (unpaired) electrons. The number of rotatable bonds is 2. The van der Waals surface area contributed by atoms with Gasteiger partial charge in [0.15, 0.2) is 0 Å². The van der Waals surface area contributed by atoms with Crippen molar-refractivity contribution in [3.05, 3.63) is 0 Å². The third kappa shape index (κ3) is 3.85. The molecule has 0 aromatic rings. The molecule has 2 aliphatic heterocycles. The Morgan fingerprint density at radius 2 is 1.83 bits per heavy atom. The smallest absolute Gasteiger partial charge is 0.410 e. The summed E-state index contributed by atoms with van der Waals surface area (Å²) in [6.45, 7) is 8.90. The van der Waals surface area contributed by atoms with Gasteiger partial charge in [0.25, 0.3) is 0 Å². The maximum atomic E-state index is 11.9. The highest BCUT2D eigenvalue weighted by atomic mass is 16.6. The second kappa shape index (κ2) is 5.45. The first-order valence-electron chi connectivity index (χ1n) is 6.76. The molecule has 18 heavy (non-hydrogen) atoms. The number of nitrogens with zero attached hydrogens (tertiary/aromatic N) is 1. The molecule has 0 atom stereocenters. The summed E-state index contributed by atoms with van der Waals surface area (Å²) in [4.78, 5) is 13.7. The van der Waals surface area contributed by atoms with E-state index in [9.17, 15) is 4.79 Å². The van der Waals surface area contributed by atoms with Crippen molar-refractivity contribution in [2.45, 2.75) is 51.3 Å². The van der Waals surface area contributed by atoms with Gasteiger partial charge in [-0.3, -0.25) is 0 Å². The Hall–Kier alpha value is -0.810. The van der Waals surface area contributed by atoms with E-state index in [0.717, 1.165) is 39.1 Å². The average molecular weight is 256 g/mol. The van der Waals surface area contributed by atoms with Crippen LogP contribution in [0.15, 0.2) is 0 Å². The lowest BCUT2D eigenvalue weighted by molar-refractivity contribution is -0.0155. The van der Waals surface area contributed by atoms with Gasteiger partial charge in [-0.25, -0.2) is 4.79 Å². The zero-order valence-electron chi connectivity index (χ0n) is 11.6. The number of carbonyl (C=O) groups is 1. The van der Waals surface area contributed by atoms with Crippen LogP contribution in [0.3, 0.4) is 0 Å². The molecule has 0 aromatic carbocycles. The molecule has 2 aliphatic rings. The zero-order valence-corrected chi connectivity index (χ0v) is 11.6. The van der Waals surface area contributed by atoms with Crippen LogP contribution in [0.2, 0.25) is 0 Å². The summed E-state index contributed by atoms with van der Waals surface area (Å²) in [6.07, 6.45) is 1.80. The van der Waals surface area contributed by atoms with Crippen LogP contribution in [-0.2, 0) is 9.47 Å². The molecule has 2 rings (SSSR count). The lowest BCUT2D eigenvalue weighted by Crippen LogP contribution is -2.54. The van der Waals surface area contributed by atoms with Gasteiger partial charge in [0.1, 0.15) is 5.60 Å². The van der Waals surface area contributed by atoms with Crippen LogP contribution in [0, 0.1) is 0 Å². The Labute approximate surface area is 109 Å². The summed E-state index contributed by atoms with van der Waals surface area (Å²) in [5, 5.41) is 3.56. The minimum absolute atomic E-state index is 0.187. The van der Waals surface area contributed by atoms with Crippen LogP contribution in [0.1, 0.15) is 33.6 Å². The molecular formula is C13H24N2O3. The molecule has 2 fully saturated rings. The first kappa shape index (κ1) is 13.6. The van der Waals surface area contributed by atoms with Crippen LogP contribution in [0.25, 0.3) is 0 Å². The normalized spacial score (nSPS) is 22.7. The molecule has 2 heterocycles. The van der Waals surface area contributed by atoms with E-state index >= 15 is 0 Å². The van der Waals surface area contributed by atoms with Gasteiger partial charge >= 0.3 is 6.09 Å². The molecule has 0 bridgehead atoms. The summed E-state index contributed by atoms with van der Waals surface area (Å²) >= 11 is 0. The minimum Gasteiger partial charge on any atom is -0.444 e. The largest absolute Gasteiger partial charge is 0.444 e. The monoisotopic (exact) mass is 256 g/mol. The highest BCUT2D eigenvalue weighted by Gasteiger charge is 2.29. The maximum Gasteiger partial charge on any atom is 0.410 e. The summed E-state index contributed by atoms with van der Waals surface area (Å²) < 4.78 is 10.5. The van der Waals surface area contributed by atoms with Crippen molar-refractivity contribution < 1.29 is 14.3 Å². The van der Waals surface area contributed by atoms with Crippen molar-refractivity contribution in [1.29, 1.82) is 0 Å². The van der Waals surface area contributed by atoms with Gasteiger partial charge in [0, 0.05) is 19.1 Å². The Kier molecular flexibility index (Phi) is 4.12. The first-order valence-corrected chi connectivity index (χ1v) is 6.76. The minimum atomic E-state index is -0.407. The fourth-order valence-electron chi connectivity index (χ4n) is 2.22. The number of likely N-dealkylation sites (tertiary alicyclic amines) is 1. The van der Waals surface area contributed by atoms with Crippen LogP contribution in [0.4, 0.5) is 4.79 Å². The molecule has 0 aromatic heterocycles.